The van der Waals surface area contributed by atoms with E-state index in [1.54, 1.807) is 0 Å². The van der Waals surface area contributed by atoms with Crippen molar-refractivity contribution < 1.29 is 0 Å². The van der Waals surface area contributed by atoms with Crippen molar-refractivity contribution in [1.29, 1.82) is 0 Å². The highest BCUT2D eigenvalue weighted by Crippen LogP contribution is 2.25. The van der Waals surface area contributed by atoms with Crippen LogP contribution < -0.4 is 5.32 Å². The molecule has 17 heavy (non-hydrogen) atoms. The zero-order valence-electron chi connectivity index (χ0n) is 13.1. The molecule has 0 saturated heterocycles. The standard InChI is InChI=1S/C15H34N2/c1-8-14(9-2)12-17(11-4)15(6,10-3)13(5)16-7/h13-14,16H,8-12H2,1-7H3. The first-order valence-corrected chi connectivity index (χ1v) is 7.42. The van der Waals surface area contributed by atoms with Gasteiger partial charge >= 0.3 is 0 Å². The van der Waals surface area contributed by atoms with Crippen molar-refractivity contribution in [2.24, 2.45) is 5.92 Å². The highest BCUT2D eigenvalue weighted by atomic mass is 15.2. The molecule has 0 aromatic carbocycles. The van der Waals surface area contributed by atoms with E-state index in [0.29, 0.717) is 6.04 Å². The predicted molar refractivity (Wildman–Crippen MR) is 78.5 cm³/mol. The largest absolute Gasteiger partial charge is 0.315 e. The molecule has 0 spiro atoms. The molecule has 2 heteroatoms. The Balaban J connectivity index is 4.79. The van der Waals surface area contributed by atoms with Gasteiger partial charge in [-0.3, -0.25) is 4.90 Å². The summed E-state index contributed by atoms with van der Waals surface area (Å²) in [7, 11) is 2.07. The third-order valence-corrected chi connectivity index (χ3v) is 4.82. The molecule has 0 saturated carbocycles. The fraction of sp³-hybridized carbons (Fsp3) is 1.00. The number of likely N-dealkylation sites (N-methyl/N-ethyl adjacent to an activating group) is 2. The first-order valence-electron chi connectivity index (χ1n) is 7.42. The summed E-state index contributed by atoms with van der Waals surface area (Å²) in [6.07, 6.45) is 3.78. The second-order valence-electron chi connectivity index (χ2n) is 5.44. The van der Waals surface area contributed by atoms with Crippen LogP contribution in [0.25, 0.3) is 0 Å². The minimum atomic E-state index is 0.270. The second-order valence-corrected chi connectivity index (χ2v) is 5.44. The molecule has 0 aromatic rings. The number of nitrogens with zero attached hydrogens (tertiary/aromatic N) is 1. The van der Waals surface area contributed by atoms with Crippen LogP contribution in [0, 0.1) is 5.92 Å². The van der Waals surface area contributed by atoms with Crippen molar-refractivity contribution in [3.63, 3.8) is 0 Å². The lowest BCUT2D eigenvalue weighted by Crippen LogP contribution is -2.58. The highest BCUT2D eigenvalue weighted by Gasteiger charge is 2.34. The van der Waals surface area contributed by atoms with Gasteiger partial charge in [0.15, 0.2) is 0 Å². The van der Waals surface area contributed by atoms with E-state index < -0.39 is 0 Å². The zero-order valence-corrected chi connectivity index (χ0v) is 13.1. The van der Waals surface area contributed by atoms with E-state index >= 15 is 0 Å². The lowest BCUT2D eigenvalue weighted by Gasteiger charge is -2.46. The molecule has 0 aliphatic rings. The Morgan fingerprint density at radius 2 is 1.65 bits per heavy atom. The Morgan fingerprint density at radius 3 is 1.94 bits per heavy atom. The lowest BCUT2D eigenvalue weighted by atomic mass is 9.86. The molecule has 0 fully saturated rings. The van der Waals surface area contributed by atoms with Crippen LogP contribution >= 0.6 is 0 Å². The number of hydrogen-bond acceptors (Lipinski definition) is 2. The van der Waals surface area contributed by atoms with Crippen molar-refractivity contribution in [3.05, 3.63) is 0 Å². The summed E-state index contributed by atoms with van der Waals surface area (Å²) < 4.78 is 0. The van der Waals surface area contributed by atoms with Crippen molar-refractivity contribution in [2.45, 2.75) is 72.4 Å². The highest BCUT2D eigenvalue weighted by molar-refractivity contribution is 4.93. The molecule has 0 rings (SSSR count). The third-order valence-electron chi connectivity index (χ3n) is 4.82. The van der Waals surface area contributed by atoms with Crippen molar-refractivity contribution in [1.82, 2.24) is 10.2 Å². The Labute approximate surface area is 109 Å². The summed E-state index contributed by atoms with van der Waals surface area (Å²) in [5.41, 5.74) is 0.270. The van der Waals surface area contributed by atoms with Gasteiger partial charge in [0.05, 0.1) is 0 Å². The Morgan fingerprint density at radius 1 is 1.12 bits per heavy atom. The average Bonchev–Trinajstić information content (AvgIpc) is 2.38. The van der Waals surface area contributed by atoms with Gasteiger partial charge in [0.2, 0.25) is 0 Å². The van der Waals surface area contributed by atoms with Crippen LogP contribution in [0.3, 0.4) is 0 Å². The molecule has 0 radical (unpaired) electrons. The van der Waals surface area contributed by atoms with Gasteiger partial charge in [-0.15, -0.1) is 0 Å². The molecule has 2 unspecified atom stereocenters. The van der Waals surface area contributed by atoms with Crippen molar-refractivity contribution in [3.8, 4) is 0 Å². The number of rotatable bonds is 9. The maximum Gasteiger partial charge on any atom is 0.0328 e. The molecule has 104 valence electrons. The fourth-order valence-electron chi connectivity index (χ4n) is 2.67. The van der Waals surface area contributed by atoms with Gasteiger partial charge < -0.3 is 5.32 Å². The van der Waals surface area contributed by atoms with Gasteiger partial charge in [0.1, 0.15) is 0 Å². The maximum absolute atomic E-state index is 3.44. The van der Waals surface area contributed by atoms with Crippen LogP contribution in [0.1, 0.15) is 60.8 Å². The molecule has 0 bridgehead atoms. The molecular formula is C15H34N2. The molecule has 0 aliphatic heterocycles. The van der Waals surface area contributed by atoms with Gasteiger partial charge in [-0.2, -0.15) is 0 Å². The van der Waals surface area contributed by atoms with Crippen LogP contribution in [-0.4, -0.2) is 36.6 Å². The number of hydrogen-bond donors (Lipinski definition) is 1. The van der Waals surface area contributed by atoms with E-state index in [1.165, 1.54) is 25.8 Å². The fourth-order valence-corrected chi connectivity index (χ4v) is 2.67. The molecule has 0 amide bonds. The smallest absolute Gasteiger partial charge is 0.0328 e. The van der Waals surface area contributed by atoms with Crippen LogP contribution in [0.2, 0.25) is 0 Å². The summed E-state index contributed by atoms with van der Waals surface area (Å²) in [4.78, 5) is 2.67. The quantitative estimate of drug-likeness (QED) is 0.665. The van der Waals surface area contributed by atoms with Gasteiger partial charge in [-0.25, -0.2) is 0 Å². The first kappa shape index (κ1) is 16.9. The van der Waals surface area contributed by atoms with Crippen LogP contribution in [0.5, 0.6) is 0 Å². The average molecular weight is 242 g/mol. The topological polar surface area (TPSA) is 15.3 Å². The minimum absolute atomic E-state index is 0.270. The van der Waals surface area contributed by atoms with E-state index in [0.717, 1.165) is 12.5 Å². The SMILES string of the molecule is CCC(CC)CN(CC)C(C)(CC)C(C)NC. The maximum atomic E-state index is 3.44. The monoisotopic (exact) mass is 242 g/mol. The van der Waals surface area contributed by atoms with E-state index in [9.17, 15) is 0 Å². The van der Waals surface area contributed by atoms with E-state index in [-0.39, 0.29) is 5.54 Å². The summed E-state index contributed by atoms with van der Waals surface area (Å²) in [5, 5.41) is 3.44. The van der Waals surface area contributed by atoms with Gasteiger partial charge in [-0.1, -0.05) is 40.5 Å². The Hall–Kier alpha value is -0.0800. The van der Waals surface area contributed by atoms with Gasteiger partial charge in [0, 0.05) is 18.1 Å². The summed E-state index contributed by atoms with van der Waals surface area (Å²) in [5.74, 6) is 0.838. The van der Waals surface area contributed by atoms with Crippen LogP contribution in [0.15, 0.2) is 0 Å². The van der Waals surface area contributed by atoms with Gasteiger partial charge in [0.25, 0.3) is 0 Å². The lowest BCUT2D eigenvalue weighted by molar-refractivity contribution is 0.0565. The first-order chi connectivity index (χ1) is 7.99. The molecule has 0 heterocycles. The second kappa shape index (κ2) is 8.10. The molecule has 1 N–H and O–H groups in total. The normalized spacial score (nSPS) is 17.5. The molecule has 0 aromatic heterocycles. The predicted octanol–water partition coefficient (Wildman–Crippen LogP) is 3.52. The van der Waals surface area contributed by atoms with E-state index in [4.69, 9.17) is 0 Å². The zero-order chi connectivity index (χ0) is 13.5. The van der Waals surface area contributed by atoms with Crippen LogP contribution in [-0.2, 0) is 0 Å². The van der Waals surface area contributed by atoms with E-state index in [1.807, 2.05) is 0 Å². The summed E-state index contributed by atoms with van der Waals surface area (Å²) in [6, 6.07) is 0.529. The van der Waals surface area contributed by atoms with Gasteiger partial charge in [-0.05, 0) is 39.8 Å². The molecule has 0 aliphatic carbocycles. The number of nitrogens with one attached hydrogen (secondary N) is 1. The van der Waals surface area contributed by atoms with Crippen molar-refractivity contribution >= 4 is 0 Å². The van der Waals surface area contributed by atoms with E-state index in [2.05, 4.69) is 58.8 Å². The Kier molecular flexibility index (Phi) is 8.06. The van der Waals surface area contributed by atoms with Crippen LogP contribution in [0.4, 0.5) is 0 Å². The van der Waals surface area contributed by atoms with Crippen molar-refractivity contribution in [2.75, 3.05) is 20.1 Å². The Bertz CT molecular complexity index is 189. The minimum Gasteiger partial charge on any atom is -0.315 e. The summed E-state index contributed by atoms with van der Waals surface area (Å²) in [6.45, 7) is 16.3. The third kappa shape index (κ3) is 4.26. The summed E-state index contributed by atoms with van der Waals surface area (Å²) >= 11 is 0. The molecular weight excluding hydrogens is 208 g/mol. The molecule has 2 atom stereocenters. The molecule has 2 nitrogen and oxygen atoms in total.